The molecule has 0 unspecified atom stereocenters. The Morgan fingerprint density at radius 2 is 2.00 bits per heavy atom. The van der Waals surface area contributed by atoms with Crippen LogP contribution in [0.25, 0.3) is 0 Å². The van der Waals surface area contributed by atoms with E-state index in [1.54, 1.807) is 24.0 Å². The number of anilines is 2. The Morgan fingerprint density at radius 3 is 2.58 bits per heavy atom. The van der Waals surface area contributed by atoms with Gasteiger partial charge in [-0.1, -0.05) is 0 Å². The molecule has 104 valence electrons. The number of nitrogens with zero attached hydrogens (tertiary/aromatic N) is 2. The van der Waals surface area contributed by atoms with Gasteiger partial charge in [-0.15, -0.1) is 0 Å². The molecule has 0 N–H and O–H groups in total. The summed E-state index contributed by atoms with van der Waals surface area (Å²) < 4.78 is 24.9. The Kier molecular flexibility index (Phi) is 3.54. The van der Waals surface area contributed by atoms with Gasteiger partial charge in [-0.3, -0.25) is 9.10 Å². The van der Waals surface area contributed by atoms with Gasteiger partial charge in [0.15, 0.2) is 0 Å². The number of amides is 1. The van der Waals surface area contributed by atoms with E-state index in [4.69, 9.17) is 0 Å². The van der Waals surface area contributed by atoms with E-state index in [9.17, 15) is 13.2 Å². The van der Waals surface area contributed by atoms with Crippen molar-refractivity contribution in [1.82, 2.24) is 0 Å². The normalized spacial score (nSPS) is 14.7. The van der Waals surface area contributed by atoms with Crippen LogP contribution in [-0.2, 0) is 21.2 Å². The van der Waals surface area contributed by atoms with E-state index >= 15 is 0 Å². The second-order valence-electron chi connectivity index (χ2n) is 4.50. The average Bonchev–Trinajstić information content (AvgIpc) is 2.71. The van der Waals surface area contributed by atoms with Crippen LogP contribution in [-0.4, -0.2) is 33.7 Å². The Bertz CT molecular complexity index is 610. The fraction of sp³-hybridized carbons (Fsp3) is 0.462. The predicted molar refractivity (Wildman–Crippen MR) is 76.0 cm³/mol. The van der Waals surface area contributed by atoms with Crippen molar-refractivity contribution >= 4 is 27.3 Å². The molecule has 5 nitrogen and oxygen atoms in total. The summed E-state index contributed by atoms with van der Waals surface area (Å²) >= 11 is 0. The summed E-state index contributed by atoms with van der Waals surface area (Å²) in [5.74, 6) is 0.122. The standard InChI is InChI=1S/C13H18N2O3S/c1-4-15-12-7-6-11(8-10(12)9-13(15)16)14(3)19(17,18)5-2/h6-8H,4-5,9H2,1-3H3. The van der Waals surface area contributed by atoms with Crippen LogP contribution in [0.3, 0.4) is 0 Å². The molecule has 0 radical (unpaired) electrons. The zero-order chi connectivity index (χ0) is 14.2. The topological polar surface area (TPSA) is 57.7 Å². The molecule has 1 aliphatic rings. The number of rotatable bonds is 4. The minimum Gasteiger partial charge on any atom is -0.312 e. The summed E-state index contributed by atoms with van der Waals surface area (Å²) in [5, 5.41) is 0. The quantitative estimate of drug-likeness (QED) is 0.838. The van der Waals surface area contributed by atoms with Crippen LogP contribution in [0.5, 0.6) is 0 Å². The fourth-order valence-corrected chi connectivity index (χ4v) is 3.09. The highest BCUT2D eigenvalue weighted by Gasteiger charge is 2.27. The number of fused-ring (bicyclic) bond motifs is 1. The Labute approximate surface area is 113 Å². The molecule has 2 rings (SSSR count). The molecule has 0 bridgehead atoms. The van der Waals surface area contributed by atoms with Gasteiger partial charge in [0.25, 0.3) is 0 Å². The van der Waals surface area contributed by atoms with Crippen molar-refractivity contribution in [1.29, 1.82) is 0 Å². The van der Waals surface area contributed by atoms with Gasteiger partial charge in [-0.2, -0.15) is 0 Å². The maximum Gasteiger partial charge on any atom is 0.234 e. The molecular formula is C13H18N2O3S. The van der Waals surface area contributed by atoms with Gasteiger partial charge in [-0.25, -0.2) is 8.42 Å². The molecule has 1 amide bonds. The van der Waals surface area contributed by atoms with E-state index in [1.165, 1.54) is 11.4 Å². The third-order valence-corrected chi connectivity index (χ3v) is 5.23. The second kappa shape index (κ2) is 4.85. The van der Waals surface area contributed by atoms with E-state index in [-0.39, 0.29) is 11.7 Å². The van der Waals surface area contributed by atoms with Crippen molar-refractivity contribution < 1.29 is 13.2 Å². The lowest BCUT2D eigenvalue weighted by Crippen LogP contribution is -2.28. The fourth-order valence-electron chi connectivity index (χ4n) is 2.27. The SMILES string of the molecule is CCN1C(=O)Cc2cc(N(C)S(=O)(=O)CC)ccc21. The van der Waals surface area contributed by atoms with Crippen LogP contribution in [0.15, 0.2) is 18.2 Å². The van der Waals surface area contributed by atoms with Crippen molar-refractivity contribution in [3.05, 3.63) is 23.8 Å². The lowest BCUT2D eigenvalue weighted by molar-refractivity contribution is -0.117. The minimum absolute atomic E-state index is 0.0562. The van der Waals surface area contributed by atoms with Crippen molar-refractivity contribution in [2.75, 3.05) is 28.6 Å². The van der Waals surface area contributed by atoms with Gasteiger partial charge in [0.1, 0.15) is 0 Å². The lowest BCUT2D eigenvalue weighted by atomic mass is 10.1. The van der Waals surface area contributed by atoms with Gasteiger partial charge in [0.2, 0.25) is 15.9 Å². The van der Waals surface area contributed by atoms with Crippen LogP contribution >= 0.6 is 0 Å². The van der Waals surface area contributed by atoms with Crippen LogP contribution in [0.4, 0.5) is 11.4 Å². The highest BCUT2D eigenvalue weighted by molar-refractivity contribution is 7.92. The number of hydrogen-bond donors (Lipinski definition) is 0. The number of carbonyl (C=O) groups is 1. The molecule has 0 aliphatic carbocycles. The van der Waals surface area contributed by atoms with Gasteiger partial charge in [-0.05, 0) is 37.6 Å². The summed E-state index contributed by atoms with van der Waals surface area (Å²) in [4.78, 5) is 13.5. The van der Waals surface area contributed by atoms with Gasteiger partial charge >= 0.3 is 0 Å². The third-order valence-electron chi connectivity index (χ3n) is 3.46. The molecule has 0 atom stereocenters. The van der Waals surface area contributed by atoms with Gasteiger partial charge in [0, 0.05) is 19.3 Å². The zero-order valence-electron chi connectivity index (χ0n) is 11.4. The van der Waals surface area contributed by atoms with Crippen LogP contribution in [0.2, 0.25) is 0 Å². The molecular weight excluding hydrogens is 264 g/mol. The molecule has 6 heteroatoms. The van der Waals surface area contributed by atoms with Crippen molar-refractivity contribution in [3.8, 4) is 0 Å². The predicted octanol–water partition coefficient (Wildman–Crippen LogP) is 1.38. The summed E-state index contributed by atoms with van der Waals surface area (Å²) in [7, 11) is -1.73. The van der Waals surface area contributed by atoms with Crippen molar-refractivity contribution in [2.45, 2.75) is 20.3 Å². The molecule has 0 saturated carbocycles. The zero-order valence-corrected chi connectivity index (χ0v) is 12.2. The first-order valence-electron chi connectivity index (χ1n) is 6.30. The third kappa shape index (κ3) is 2.32. The van der Waals surface area contributed by atoms with Crippen LogP contribution in [0.1, 0.15) is 19.4 Å². The first-order valence-corrected chi connectivity index (χ1v) is 7.91. The van der Waals surface area contributed by atoms with E-state index in [1.807, 2.05) is 13.0 Å². The average molecular weight is 282 g/mol. The van der Waals surface area contributed by atoms with E-state index in [2.05, 4.69) is 0 Å². The van der Waals surface area contributed by atoms with Crippen molar-refractivity contribution in [3.63, 3.8) is 0 Å². The second-order valence-corrected chi connectivity index (χ2v) is 6.78. The highest BCUT2D eigenvalue weighted by Crippen LogP contribution is 2.32. The lowest BCUT2D eigenvalue weighted by Gasteiger charge is -2.20. The number of benzene rings is 1. The minimum atomic E-state index is -3.27. The summed E-state index contributed by atoms with van der Waals surface area (Å²) in [6.45, 7) is 4.17. The number of sulfonamides is 1. The molecule has 1 aliphatic heterocycles. The van der Waals surface area contributed by atoms with E-state index in [0.717, 1.165) is 11.3 Å². The Morgan fingerprint density at radius 1 is 1.32 bits per heavy atom. The first kappa shape index (κ1) is 13.9. The molecule has 1 aromatic rings. The Hall–Kier alpha value is -1.56. The van der Waals surface area contributed by atoms with Crippen LogP contribution < -0.4 is 9.21 Å². The molecule has 19 heavy (non-hydrogen) atoms. The smallest absolute Gasteiger partial charge is 0.234 e. The molecule has 0 saturated heterocycles. The number of hydrogen-bond acceptors (Lipinski definition) is 3. The van der Waals surface area contributed by atoms with Crippen molar-refractivity contribution in [2.24, 2.45) is 0 Å². The monoisotopic (exact) mass is 282 g/mol. The summed E-state index contributed by atoms with van der Waals surface area (Å²) in [5.41, 5.74) is 2.38. The largest absolute Gasteiger partial charge is 0.312 e. The Balaban J connectivity index is 2.39. The molecule has 0 aromatic heterocycles. The summed E-state index contributed by atoms with van der Waals surface area (Å²) in [6, 6.07) is 5.35. The van der Waals surface area contributed by atoms with Gasteiger partial charge in [0.05, 0.1) is 17.9 Å². The molecule has 0 fully saturated rings. The first-order chi connectivity index (χ1) is 8.90. The molecule has 1 aromatic carbocycles. The number of likely N-dealkylation sites (N-methyl/N-ethyl adjacent to an activating group) is 1. The maximum absolute atomic E-state index is 11.8. The van der Waals surface area contributed by atoms with E-state index in [0.29, 0.717) is 18.7 Å². The highest BCUT2D eigenvalue weighted by atomic mass is 32.2. The maximum atomic E-state index is 11.8. The van der Waals surface area contributed by atoms with E-state index < -0.39 is 10.0 Å². The number of carbonyl (C=O) groups excluding carboxylic acids is 1. The molecule has 0 spiro atoms. The van der Waals surface area contributed by atoms with Gasteiger partial charge < -0.3 is 4.90 Å². The van der Waals surface area contributed by atoms with Crippen LogP contribution in [0, 0.1) is 0 Å². The summed E-state index contributed by atoms with van der Waals surface area (Å²) in [6.07, 6.45) is 0.344. The molecule has 1 heterocycles.